The molecule has 3 heteroatoms. The lowest BCUT2D eigenvalue weighted by Crippen LogP contribution is -2.16. The number of anilines is 3. The number of nitrogens with zero attached hydrogens (tertiary/aromatic N) is 1. The first kappa shape index (κ1) is 34.8. The number of fused-ring (bicyclic) bond motifs is 9. The van der Waals surface area contributed by atoms with Gasteiger partial charge in [-0.05, 0) is 105 Å². The minimum Gasteiger partial charge on any atom is -0.455 e. The van der Waals surface area contributed by atoms with E-state index in [4.69, 9.17) is 4.42 Å². The van der Waals surface area contributed by atoms with E-state index >= 15 is 0 Å². The quantitative estimate of drug-likeness (QED) is 0.167. The molecule has 0 bridgehead atoms. The Labute approximate surface area is 353 Å². The Hall–Kier alpha value is -7.20. The molecule has 0 radical (unpaired) electrons. The molecule has 1 aliphatic rings. The van der Waals surface area contributed by atoms with Crippen LogP contribution in [0.15, 0.2) is 205 Å². The fraction of sp³-hybridized carbons (Fsp3) is 0.0526. The fourth-order valence-electron chi connectivity index (χ4n) is 9.86. The molecular formula is C57H39NOS. The van der Waals surface area contributed by atoms with E-state index in [1.807, 2.05) is 11.3 Å². The molecule has 12 rings (SSSR count). The maximum atomic E-state index is 6.77. The van der Waals surface area contributed by atoms with E-state index in [1.165, 1.54) is 64.7 Å². The van der Waals surface area contributed by atoms with E-state index in [9.17, 15) is 0 Å². The Balaban J connectivity index is 1.02. The number of thiophene rings is 1. The highest BCUT2D eigenvalue weighted by Gasteiger charge is 2.37. The van der Waals surface area contributed by atoms with Crippen molar-refractivity contribution in [3.8, 4) is 44.5 Å². The minimum atomic E-state index is -0.106. The Kier molecular flexibility index (Phi) is 7.79. The van der Waals surface area contributed by atoms with E-state index in [0.29, 0.717) is 0 Å². The average Bonchev–Trinajstić information content (AvgIpc) is 3.95. The smallest absolute Gasteiger partial charge is 0.145 e. The van der Waals surface area contributed by atoms with Crippen molar-refractivity contribution in [2.75, 3.05) is 4.90 Å². The number of hydrogen-bond acceptors (Lipinski definition) is 3. The summed E-state index contributed by atoms with van der Waals surface area (Å²) < 4.78 is 9.41. The molecule has 1 aliphatic carbocycles. The molecule has 9 aromatic carbocycles. The van der Waals surface area contributed by atoms with E-state index in [2.05, 4.69) is 219 Å². The molecule has 0 aliphatic heterocycles. The zero-order valence-corrected chi connectivity index (χ0v) is 34.1. The molecular weight excluding hydrogens is 747 g/mol. The van der Waals surface area contributed by atoms with Crippen molar-refractivity contribution < 1.29 is 4.42 Å². The number of benzene rings is 9. The van der Waals surface area contributed by atoms with Crippen molar-refractivity contribution in [3.63, 3.8) is 0 Å². The van der Waals surface area contributed by atoms with Crippen LogP contribution in [-0.4, -0.2) is 0 Å². The maximum absolute atomic E-state index is 6.77. The highest BCUT2D eigenvalue weighted by Crippen LogP contribution is 2.53. The standard InChI is InChI=1S/C57H39NOS/c1-57(2)49-20-9-6-15-44(49)47-19-12-18-42(55(47)57)38-25-30-41(31-26-38)58(40-28-23-36(24-29-40)39-27-32-46-45-16-8-11-22-52(45)60-53(46)35-39)50-34-33-43(37-13-4-3-5-14-37)56-54(50)48-17-7-10-21-51(48)59-56/h3-35H,1-2H3. The van der Waals surface area contributed by atoms with Gasteiger partial charge in [-0.2, -0.15) is 0 Å². The summed E-state index contributed by atoms with van der Waals surface area (Å²) in [6.07, 6.45) is 0. The lowest BCUT2D eigenvalue weighted by atomic mass is 9.79. The molecule has 0 N–H and O–H groups in total. The summed E-state index contributed by atoms with van der Waals surface area (Å²) >= 11 is 1.86. The van der Waals surface area contributed by atoms with Crippen LogP contribution in [0.5, 0.6) is 0 Å². The molecule has 0 amide bonds. The molecule has 284 valence electrons. The molecule has 0 spiro atoms. The van der Waals surface area contributed by atoms with E-state index in [1.54, 1.807) is 0 Å². The molecule has 60 heavy (non-hydrogen) atoms. The van der Waals surface area contributed by atoms with E-state index in [-0.39, 0.29) is 5.41 Å². The van der Waals surface area contributed by atoms with Crippen LogP contribution in [0, 0.1) is 0 Å². The normalized spacial score (nSPS) is 13.0. The summed E-state index contributed by atoms with van der Waals surface area (Å²) in [6, 6.07) is 72.9. The number of hydrogen-bond donors (Lipinski definition) is 0. The topological polar surface area (TPSA) is 16.4 Å². The van der Waals surface area contributed by atoms with E-state index in [0.717, 1.165) is 50.1 Å². The summed E-state index contributed by atoms with van der Waals surface area (Å²) in [5, 5.41) is 4.82. The second-order valence-corrected chi connectivity index (χ2v) is 17.5. The first-order valence-corrected chi connectivity index (χ1v) is 21.5. The van der Waals surface area contributed by atoms with Crippen molar-refractivity contribution in [2.24, 2.45) is 0 Å². The lowest BCUT2D eigenvalue weighted by Gasteiger charge is -2.28. The van der Waals surface area contributed by atoms with Crippen LogP contribution < -0.4 is 4.90 Å². The average molecular weight is 786 g/mol. The third-order valence-corrected chi connectivity index (χ3v) is 13.8. The van der Waals surface area contributed by atoms with Crippen LogP contribution in [0.2, 0.25) is 0 Å². The number of furan rings is 1. The molecule has 0 fully saturated rings. The van der Waals surface area contributed by atoms with Gasteiger partial charge in [0.1, 0.15) is 11.2 Å². The van der Waals surface area contributed by atoms with Crippen molar-refractivity contribution in [2.45, 2.75) is 19.3 Å². The second kappa shape index (κ2) is 13.4. The van der Waals surface area contributed by atoms with Crippen LogP contribution in [-0.2, 0) is 5.41 Å². The van der Waals surface area contributed by atoms with Gasteiger partial charge in [0.05, 0.1) is 11.1 Å². The van der Waals surface area contributed by atoms with Crippen LogP contribution in [0.3, 0.4) is 0 Å². The molecule has 2 heterocycles. The molecule has 0 saturated carbocycles. The summed E-state index contributed by atoms with van der Waals surface area (Å²) in [4.78, 5) is 2.40. The van der Waals surface area contributed by atoms with Crippen molar-refractivity contribution >= 4 is 70.5 Å². The zero-order chi connectivity index (χ0) is 40.0. The van der Waals surface area contributed by atoms with Crippen LogP contribution in [0.1, 0.15) is 25.0 Å². The predicted molar refractivity (Wildman–Crippen MR) is 255 cm³/mol. The Morgan fingerprint density at radius 1 is 0.433 bits per heavy atom. The Morgan fingerprint density at radius 3 is 1.87 bits per heavy atom. The highest BCUT2D eigenvalue weighted by atomic mass is 32.1. The van der Waals surface area contributed by atoms with Gasteiger partial charge in [-0.1, -0.05) is 159 Å². The van der Waals surface area contributed by atoms with Gasteiger partial charge in [0.25, 0.3) is 0 Å². The summed E-state index contributed by atoms with van der Waals surface area (Å²) in [5.41, 5.74) is 17.4. The van der Waals surface area contributed by atoms with Gasteiger partial charge >= 0.3 is 0 Å². The first-order valence-electron chi connectivity index (χ1n) is 20.7. The SMILES string of the molecule is CC1(C)c2ccccc2-c2cccc(-c3ccc(N(c4ccc(-c5ccc6c(c5)sc5ccccc56)cc4)c4ccc(-c5ccccc5)c5oc6ccccc6c45)cc3)c21. The van der Waals surface area contributed by atoms with Crippen LogP contribution in [0.25, 0.3) is 86.6 Å². The Morgan fingerprint density at radius 2 is 1.05 bits per heavy atom. The van der Waals surface area contributed by atoms with Crippen LogP contribution in [0.4, 0.5) is 17.1 Å². The maximum Gasteiger partial charge on any atom is 0.145 e. The van der Waals surface area contributed by atoms with Crippen molar-refractivity contribution in [3.05, 3.63) is 211 Å². The molecule has 0 unspecified atom stereocenters. The van der Waals surface area contributed by atoms with Gasteiger partial charge in [-0.15, -0.1) is 11.3 Å². The van der Waals surface area contributed by atoms with Gasteiger partial charge in [0, 0.05) is 47.9 Å². The van der Waals surface area contributed by atoms with Gasteiger partial charge in [-0.3, -0.25) is 0 Å². The monoisotopic (exact) mass is 785 g/mol. The highest BCUT2D eigenvalue weighted by molar-refractivity contribution is 7.25. The molecule has 2 nitrogen and oxygen atoms in total. The molecule has 2 aromatic heterocycles. The third kappa shape index (κ3) is 5.33. The number of rotatable bonds is 6. The Bertz CT molecular complexity index is 3440. The van der Waals surface area contributed by atoms with Crippen LogP contribution >= 0.6 is 11.3 Å². The van der Waals surface area contributed by atoms with Gasteiger partial charge < -0.3 is 9.32 Å². The van der Waals surface area contributed by atoms with Gasteiger partial charge in [-0.25, -0.2) is 0 Å². The van der Waals surface area contributed by atoms with E-state index < -0.39 is 0 Å². The second-order valence-electron chi connectivity index (χ2n) is 16.4. The lowest BCUT2D eigenvalue weighted by molar-refractivity contribution is 0.662. The molecule has 0 atom stereocenters. The summed E-state index contributed by atoms with van der Waals surface area (Å²) in [7, 11) is 0. The third-order valence-electron chi connectivity index (χ3n) is 12.7. The predicted octanol–water partition coefficient (Wildman–Crippen LogP) is 16.7. The van der Waals surface area contributed by atoms with Crippen molar-refractivity contribution in [1.82, 2.24) is 0 Å². The minimum absolute atomic E-state index is 0.106. The summed E-state index contributed by atoms with van der Waals surface area (Å²) in [6.45, 7) is 4.72. The fourth-order valence-corrected chi connectivity index (χ4v) is 11.0. The van der Waals surface area contributed by atoms with Gasteiger partial charge in [0.2, 0.25) is 0 Å². The first-order chi connectivity index (χ1) is 29.5. The van der Waals surface area contributed by atoms with Gasteiger partial charge in [0.15, 0.2) is 0 Å². The molecule has 11 aromatic rings. The molecule has 0 saturated heterocycles. The largest absolute Gasteiger partial charge is 0.455 e. The summed E-state index contributed by atoms with van der Waals surface area (Å²) in [5.74, 6) is 0. The number of para-hydroxylation sites is 1. The van der Waals surface area contributed by atoms with Crippen molar-refractivity contribution in [1.29, 1.82) is 0 Å². The zero-order valence-electron chi connectivity index (χ0n) is 33.3.